The molecule has 2 heterocycles. The third-order valence-electron chi connectivity index (χ3n) is 4.14. The Bertz CT molecular complexity index is 480. The van der Waals surface area contributed by atoms with E-state index in [4.69, 9.17) is 11.6 Å². The van der Waals surface area contributed by atoms with Gasteiger partial charge in [0.15, 0.2) is 0 Å². The predicted octanol–water partition coefficient (Wildman–Crippen LogP) is 1.74. The normalized spacial score (nSPS) is 23.1. The fourth-order valence-corrected chi connectivity index (χ4v) is 3.25. The van der Waals surface area contributed by atoms with Crippen molar-refractivity contribution in [3.05, 3.63) is 29.3 Å². The number of halogens is 1. The fraction of sp³-hybridized carbons (Fsp3) is 0.533. The van der Waals surface area contributed by atoms with Crippen molar-refractivity contribution < 1.29 is 4.79 Å². The van der Waals surface area contributed by atoms with Gasteiger partial charge in [-0.3, -0.25) is 4.79 Å². The van der Waals surface area contributed by atoms with Crippen LogP contribution in [0.1, 0.15) is 12.8 Å². The van der Waals surface area contributed by atoms with Gasteiger partial charge in [0.1, 0.15) is 0 Å². The van der Waals surface area contributed by atoms with E-state index >= 15 is 0 Å². The first kappa shape index (κ1) is 13.7. The number of amides is 1. The summed E-state index contributed by atoms with van der Waals surface area (Å²) in [5.41, 5.74) is 1.07. The van der Waals surface area contributed by atoms with E-state index in [-0.39, 0.29) is 11.9 Å². The first-order valence-electron chi connectivity index (χ1n) is 7.27. The maximum Gasteiger partial charge on any atom is 0.239 e. The minimum Gasteiger partial charge on any atom is -0.367 e. The summed E-state index contributed by atoms with van der Waals surface area (Å²) in [7, 11) is 0. The Kier molecular flexibility index (Phi) is 4.13. The molecule has 1 amide bonds. The highest BCUT2D eigenvalue weighted by Gasteiger charge is 2.29. The number of hydrogen-bond donors (Lipinski definition) is 1. The van der Waals surface area contributed by atoms with Gasteiger partial charge in [0.05, 0.1) is 16.8 Å². The molecule has 0 aromatic heterocycles. The molecule has 0 spiro atoms. The van der Waals surface area contributed by atoms with Gasteiger partial charge < -0.3 is 15.1 Å². The maximum atomic E-state index is 12.3. The standard InChI is InChI=1S/C15H20ClN3O/c16-12-4-1-2-6-14(12)18-8-10-19(11-9-18)15(20)13-5-3-7-17-13/h1-2,4,6,13,17H,3,5,7-11H2. The first-order valence-corrected chi connectivity index (χ1v) is 7.65. The Hall–Kier alpha value is -1.26. The van der Waals surface area contributed by atoms with Gasteiger partial charge in [0, 0.05) is 26.2 Å². The van der Waals surface area contributed by atoms with E-state index < -0.39 is 0 Å². The average Bonchev–Trinajstić information content (AvgIpc) is 3.01. The molecule has 1 unspecified atom stereocenters. The number of hydrogen-bond acceptors (Lipinski definition) is 3. The number of para-hydroxylation sites is 1. The molecule has 0 saturated carbocycles. The third-order valence-corrected chi connectivity index (χ3v) is 4.46. The van der Waals surface area contributed by atoms with Crippen molar-refractivity contribution in [2.75, 3.05) is 37.6 Å². The number of nitrogens with one attached hydrogen (secondary N) is 1. The second-order valence-electron chi connectivity index (χ2n) is 5.41. The number of carbonyl (C=O) groups excluding carboxylic acids is 1. The summed E-state index contributed by atoms with van der Waals surface area (Å²) in [5.74, 6) is 0.265. The van der Waals surface area contributed by atoms with Gasteiger partial charge in [-0.1, -0.05) is 23.7 Å². The van der Waals surface area contributed by atoms with E-state index in [0.29, 0.717) is 0 Å². The van der Waals surface area contributed by atoms with Crippen molar-refractivity contribution in [2.24, 2.45) is 0 Å². The van der Waals surface area contributed by atoms with Crippen molar-refractivity contribution >= 4 is 23.2 Å². The van der Waals surface area contributed by atoms with Crippen LogP contribution < -0.4 is 10.2 Å². The van der Waals surface area contributed by atoms with Gasteiger partial charge in [0.2, 0.25) is 5.91 Å². The highest BCUT2D eigenvalue weighted by atomic mass is 35.5. The minimum atomic E-state index is 0.0434. The van der Waals surface area contributed by atoms with Crippen LogP contribution in [0.4, 0.5) is 5.69 Å². The summed E-state index contributed by atoms with van der Waals surface area (Å²) in [5, 5.41) is 4.06. The largest absolute Gasteiger partial charge is 0.367 e. The lowest BCUT2D eigenvalue weighted by atomic mass is 10.1. The fourth-order valence-electron chi connectivity index (χ4n) is 2.99. The molecule has 1 N–H and O–H groups in total. The molecule has 1 aromatic carbocycles. The van der Waals surface area contributed by atoms with E-state index in [0.717, 1.165) is 56.3 Å². The van der Waals surface area contributed by atoms with Crippen molar-refractivity contribution in [3.63, 3.8) is 0 Å². The molecule has 2 saturated heterocycles. The van der Waals surface area contributed by atoms with Crippen LogP contribution in [-0.4, -0.2) is 49.6 Å². The van der Waals surface area contributed by atoms with E-state index in [2.05, 4.69) is 10.2 Å². The van der Waals surface area contributed by atoms with Crippen LogP contribution in [-0.2, 0) is 4.79 Å². The SMILES string of the molecule is O=C(C1CCCN1)N1CCN(c2ccccc2Cl)CC1. The quantitative estimate of drug-likeness (QED) is 0.902. The molecule has 20 heavy (non-hydrogen) atoms. The predicted molar refractivity (Wildman–Crippen MR) is 81.3 cm³/mol. The number of piperazine rings is 1. The van der Waals surface area contributed by atoms with Gasteiger partial charge in [-0.15, -0.1) is 0 Å². The van der Waals surface area contributed by atoms with Crippen LogP contribution in [0.15, 0.2) is 24.3 Å². The Balaban J connectivity index is 1.59. The van der Waals surface area contributed by atoms with E-state index in [1.165, 1.54) is 0 Å². The highest BCUT2D eigenvalue weighted by Crippen LogP contribution is 2.26. The van der Waals surface area contributed by atoms with E-state index in [1.54, 1.807) is 0 Å². The van der Waals surface area contributed by atoms with Gasteiger partial charge in [-0.05, 0) is 31.5 Å². The molecule has 2 aliphatic rings. The number of anilines is 1. The van der Waals surface area contributed by atoms with Crippen LogP contribution in [0.5, 0.6) is 0 Å². The molecule has 0 aliphatic carbocycles. The van der Waals surface area contributed by atoms with Crippen LogP contribution >= 0.6 is 11.6 Å². The third kappa shape index (κ3) is 2.76. The Morgan fingerprint density at radius 1 is 1.20 bits per heavy atom. The van der Waals surface area contributed by atoms with Gasteiger partial charge in [-0.2, -0.15) is 0 Å². The number of carbonyl (C=O) groups is 1. The molecular weight excluding hydrogens is 274 g/mol. The van der Waals surface area contributed by atoms with Crippen molar-refractivity contribution in [2.45, 2.75) is 18.9 Å². The molecule has 1 aromatic rings. The summed E-state index contributed by atoms with van der Waals surface area (Å²) in [6, 6.07) is 7.94. The maximum absolute atomic E-state index is 12.3. The summed E-state index contributed by atoms with van der Waals surface area (Å²) in [6.07, 6.45) is 2.08. The summed E-state index contributed by atoms with van der Waals surface area (Å²) in [4.78, 5) is 16.6. The van der Waals surface area contributed by atoms with Crippen LogP contribution in [0, 0.1) is 0 Å². The van der Waals surface area contributed by atoms with Gasteiger partial charge in [-0.25, -0.2) is 0 Å². The second kappa shape index (κ2) is 6.02. The Morgan fingerprint density at radius 3 is 2.60 bits per heavy atom. The van der Waals surface area contributed by atoms with Crippen LogP contribution in [0.25, 0.3) is 0 Å². The van der Waals surface area contributed by atoms with Crippen molar-refractivity contribution in [3.8, 4) is 0 Å². The highest BCUT2D eigenvalue weighted by molar-refractivity contribution is 6.33. The lowest BCUT2D eigenvalue weighted by Gasteiger charge is -2.37. The monoisotopic (exact) mass is 293 g/mol. The van der Waals surface area contributed by atoms with Gasteiger partial charge >= 0.3 is 0 Å². The lowest BCUT2D eigenvalue weighted by molar-refractivity contribution is -0.133. The molecule has 1 atom stereocenters. The van der Waals surface area contributed by atoms with Crippen LogP contribution in [0.2, 0.25) is 5.02 Å². The first-order chi connectivity index (χ1) is 9.75. The average molecular weight is 294 g/mol. The zero-order valence-corrected chi connectivity index (χ0v) is 12.3. The zero-order chi connectivity index (χ0) is 13.9. The number of benzene rings is 1. The molecule has 0 bridgehead atoms. The molecule has 4 nitrogen and oxygen atoms in total. The Labute approximate surface area is 124 Å². The Morgan fingerprint density at radius 2 is 1.95 bits per heavy atom. The molecule has 2 fully saturated rings. The van der Waals surface area contributed by atoms with Crippen molar-refractivity contribution in [1.29, 1.82) is 0 Å². The molecule has 108 valence electrons. The number of rotatable bonds is 2. The van der Waals surface area contributed by atoms with Gasteiger partial charge in [0.25, 0.3) is 0 Å². The summed E-state index contributed by atoms with van der Waals surface area (Å²) < 4.78 is 0. The molecule has 0 radical (unpaired) electrons. The van der Waals surface area contributed by atoms with E-state index in [1.807, 2.05) is 29.2 Å². The summed E-state index contributed by atoms with van der Waals surface area (Å²) >= 11 is 6.23. The minimum absolute atomic E-state index is 0.0434. The van der Waals surface area contributed by atoms with Crippen molar-refractivity contribution in [1.82, 2.24) is 10.2 Å². The van der Waals surface area contributed by atoms with E-state index in [9.17, 15) is 4.79 Å². The zero-order valence-electron chi connectivity index (χ0n) is 11.5. The molecule has 3 rings (SSSR count). The number of nitrogens with zero attached hydrogens (tertiary/aromatic N) is 2. The molecular formula is C15H20ClN3O. The molecule has 5 heteroatoms. The lowest BCUT2D eigenvalue weighted by Crippen LogP contribution is -2.53. The summed E-state index contributed by atoms with van der Waals surface area (Å²) in [6.45, 7) is 4.23. The topological polar surface area (TPSA) is 35.6 Å². The second-order valence-corrected chi connectivity index (χ2v) is 5.82. The smallest absolute Gasteiger partial charge is 0.239 e. The molecule has 2 aliphatic heterocycles. The van der Waals surface area contributed by atoms with Crippen LogP contribution in [0.3, 0.4) is 0 Å².